The van der Waals surface area contributed by atoms with Crippen LogP contribution >= 0.6 is 0 Å². The van der Waals surface area contributed by atoms with Crippen LogP contribution in [0.5, 0.6) is 0 Å². The molecule has 44 valence electrons. The molecule has 0 aromatic rings. The van der Waals surface area contributed by atoms with Crippen molar-refractivity contribution in [2.45, 2.75) is 6.92 Å². The van der Waals surface area contributed by atoms with E-state index in [4.69, 9.17) is 0 Å². The average Bonchev–Trinajstić information content (AvgIpc) is 2.17. The fourth-order valence-electron chi connectivity index (χ4n) is 0.363. The first-order valence-corrected chi connectivity index (χ1v) is 2.32. The first kappa shape index (κ1) is 5.33. The SMILES string of the molecule is CC[N@+]1([O-])C=NN=N1. The lowest BCUT2D eigenvalue weighted by atomic mass is 10.7. The molecule has 0 fully saturated rings. The van der Waals surface area contributed by atoms with Crippen LogP contribution in [0.4, 0.5) is 0 Å². The van der Waals surface area contributed by atoms with Gasteiger partial charge in [-0.2, -0.15) is 4.76 Å². The van der Waals surface area contributed by atoms with Crippen LogP contribution in [-0.2, 0) is 0 Å². The zero-order valence-corrected chi connectivity index (χ0v) is 4.48. The summed E-state index contributed by atoms with van der Waals surface area (Å²) in [6, 6.07) is 0. The lowest BCUT2D eigenvalue weighted by Crippen LogP contribution is -2.31. The lowest BCUT2D eigenvalue weighted by Gasteiger charge is -2.22. The smallest absolute Gasteiger partial charge is 0.240 e. The maximum atomic E-state index is 10.8. The second-order valence-corrected chi connectivity index (χ2v) is 1.48. The summed E-state index contributed by atoms with van der Waals surface area (Å²) in [6.45, 7) is 2.08. The molecule has 0 aromatic heterocycles. The van der Waals surface area contributed by atoms with Gasteiger partial charge in [0.25, 0.3) is 0 Å². The third-order valence-corrected chi connectivity index (χ3v) is 0.928. The largest absolute Gasteiger partial charge is 0.597 e. The van der Waals surface area contributed by atoms with Crippen molar-refractivity contribution in [1.82, 2.24) is 0 Å². The van der Waals surface area contributed by atoms with E-state index in [-0.39, 0.29) is 0 Å². The first-order valence-electron chi connectivity index (χ1n) is 2.32. The van der Waals surface area contributed by atoms with Gasteiger partial charge >= 0.3 is 0 Å². The van der Waals surface area contributed by atoms with E-state index in [9.17, 15) is 5.21 Å². The van der Waals surface area contributed by atoms with E-state index in [1.165, 1.54) is 0 Å². The molecule has 8 heavy (non-hydrogen) atoms. The molecular weight excluding hydrogens is 108 g/mol. The fraction of sp³-hybridized carbons (Fsp3) is 0.667. The molecule has 1 heterocycles. The Kier molecular flexibility index (Phi) is 1.07. The molecular formula is C3H6N4O. The van der Waals surface area contributed by atoms with Crippen LogP contribution in [0, 0.1) is 5.21 Å². The Morgan fingerprint density at radius 3 is 2.75 bits per heavy atom. The molecule has 1 rings (SSSR count). The van der Waals surface area contributed by atoms with Crippen LogP contribution in [0.15, 0.2) is 15.5 Å². The maximum absolute atomic E-state index is 10.8. The number of quaternary nitrogens is 1. The van der Waals surface area contributed by atoms with Gasteiger partial charge in [-0.15, -0.1) is 0 Å². The molecule has 0 radical (unpaired) electrons. The molecule has 1 atom stereocenters. The standard InChI is InChI=1S/C3H6N4O/c1-2-7(8)3-4-5-6-7/h3H,2H2,1H3/t7-/m0/s1. The van der Waals surface area contributed by atoms with E-state index in [2.05, 4.69) is 15.5 Å². The first-order chi connectivity index (χ1) is 3.77. The van der Waals surface area contributed by atoms with E-state index in [0.717, 1.165) is 6.34 Å². The zero-order valence-electron chi connectivity index (χ0n) is 4.48. The topological polar surface area (TPSA) is 60.1 Å². The van der Waals surface area contributed by atoms with E-state index in [0.29, 0.717) is 6.54 Å². The van der Waals surface area contributed by atoms with Crippen LogP contribution in [0.3, 0.4) is 0 Å². The van der Waals surface area contributed by atoms with Crippen molar-refractivity contribution < 1.29 is 4.76 Å². The molecule has 0 spiro atoms. The zero-order chi connectivity index (χ0) is 6.04. The van der Waals surface area contributed by atoms with Crippen LogP contribution < -0.4 is 0 Å². The summed E-state index contributed by atoms with van der Waals surface area (Å²) in [4.78, 5) is 0. The molecule has 0 N–H and O–H groups in total. The highest BCUT2D eigenvalue weighted by molar-refractivity contribution is 5.46. The normalized spacial score (nSPS) is 34.2. The Hall–Kier alpha value is -0.810. The fourth-order valence-corrected chi connectivity index (χ4v) is 0.363. The van der Waals surface area contributed by atoms with Gasteiger partial charge in [0, 0.05) is 5.22 Å². The van der Waals surface area contributed by atoms with Crippen LogP contribution in [0.2, 0.25) is 0 Å². The van der Waals surface area contributed by atoms with Crippen molar-refractivity contribution in [2.24, 2.45) is 15.5 Å². The number of rotatable bonds is 1. The molecule has 0 aliphatic carbocycles. The highest BCUT2D eigenvalue weighted by atomic mass is 16.6. The van der Waals surface area contributed by atoms with Gasteiger partial charge in [0.15, 0.2) is 0 Å². The van der Waals surface area contributed by atoms with Gasteiger partial charge in [-0.25, -0.2) is 0 Å². The quantitative estimate of drug-likeness (QED) is 0.364. The summed E-state index contributed by atoms with van der Waals surface area (Å²) in [7, 11) is 0. The summed E-state index contributed by atoms with van der Waals surface area (Å²) < 4.78 is -0.764. The van der Waals surface area contributed by atoms with Gasteiger partial charge in [-0.3, -0.25) is 0 Å². The molecule has 5 nitrogen and oxygen atoms in total. The summed E-state index contributed by atoms with van der Waals surface area (Å²) >= 11 is 0. The third-order valence-electron chi connectivity index (χ3n) is 0.928. The molecule has 0 bridgehead atoms. The lowest BCUT2D eigenvalue weighted by molar-refractivity contribution is -0.788. The maximum Gasteiger partial charge on any atom is 0.240 e. The Balaban J connectivity index is 2.69. The van der Waals surface area contributed by atoms with Crippen molar-refractivity contribution >= 4 is 6.34 Å². The number of nitrogens with zero attached hydrogens (tertiary/aromatic N) is 4. The monoisotopic (exact) mass is 114 g/mol. The van der Waals surface area contributed by atoms with E-state index in [1.54, 1.807) is 6.92 Å². The molecule has 0 saturated heterocycles. The van der Waals surface area contributed by atoms with Crippen LogP contribution in [0.1, 0.15) is 6.92 Å². The van der Waals surface area contributed by atoms with Gasteiger partial charge in [-0.05, 0) is 6.92 Å². The minimum absolute atomic E-state index is 0.354. The van der Waals surface area contributed by atoms with E-state index in [1.807, 2.05) is 0 Å². The number of hydrogen-bond donors (Lipinski definition) is 0. The van der Waals surface area contributed by atoms with Crippen molar-refractivity contribution in [2.75, 3.05) is 6.54 Å². The Morgan fingerprint density at radius 1 is 1.75 bits per heavy atom. The number of hydroxylamine groups is 2. The van der Waals surface area contributed by atoms with Crippen molar-refractivity contribution in [3.8, 4) is 0 Å². The van der Waals surface area contributed by atoms with Gasteiger partial charge in [0.05, 0.1) is 5.22 Å². The van der Waals surface area contributed by atoms with E-state index >= 15 is 0 Å². The van der Waals surface area contributed by atoms with Gasteiger partial charge in [-0.1, -0.05) is 5.10 Å². The average molecular weight is 114 g/mol. The third kappa shape index (κ3) is 0.728. The molecule has 0 aromatic carbocycles. The van der Waals surface area contributed by atoms with Gasteiger partial charge in [0.1, 0.15) is 6.54 Å². The second-order valence-electron chi connectivity index (χ2n) is 1.48. The summed E-state index contributed by atoms with van der Waals surface area (Å²) in [6.07, 6.45) is 1.15. The Bertz CT molecular complexity index is 128. The number of hydrogen-bond acceptors (Lipinski definition) is 4. The molecule has 0 saturated carbocycles. The molecule has 0 unspecified atom stereocenters. The van der Waals surface area contributed by atoms with Crippen LogP contribution in [-0.4, -0.2) is 17.6 Å². The highest BCUT2D eigenvalue weighted by Crippen LogP contribution is 2.06. The highest BCUT2D eigenvalue weighted by Gasteiger charge is 2.14. The summed E-state index contributed by atoms with van der Waals surface area (Å²) in [5.41, 5.74) is 0. The van der Waals surface area contributed by atoms with Crippen LogP contribution in [0.25, 0.3) is 0 Å². The summed E-state index contributed by atoms with van der Waals surface area (Å²) in [5.74, 6) is 0. The molecule has 1 aliphatic rings. The van der Waals surface area contributed by atoms with Crippen molar-refractivity contribution in [3.63, 3.8) is 0 Å². The molecule has 1 aliphatic heterocycles. The Labute approximate surface area is 46.5 Å². The van der Waals surface area contributed by atoms with Gasteiger partial charge in [0.2, 0.25) is 6.34 Å². The predicted molar refractivity (Wildman–Crippen MR) is 27.5 cm³/mol. The minimum Gasteiger partial charge on any atom is -0.597 e. The van der Waals surface area contributed by atoms with Crippen molar-refractivity contribution in [3.05, 3.63) is 5.21 Å². The Morgan fingerprint density at radius 2 is 2.50 bits per heavy atom. The van der Waals surface area contributed by atoms with Gasteiger partial charge < -0.3 is 5.21 Å². The van der Waals surface area contributed by atoms with Crippen molar-refractivity contribution in [1.29, 1.82) is 0 Å². The summed E-state index contributed by atoms with van der Waals surface area (Å²) in [5, 5.41) is 20.5. The predicted octanol–water partition coefficient (Wildman–Crippen LogP) is 0.645. The molecule has 0 amide bonds. The van der Waals surface area contributed by atoms with E-state index < -0.39 is 4.76 Å². The second kappa shape index (κ2) is 1.61. The molecule has 5 heteroatoms. The minimum atomic E-state index is -0.764.